The lowest BCUT2D eigenvalue weighted by Crippen LogP contribution is -2.07. The monoisotopic (exact) mass is 250 g/mol. The molecule has 1 heterocycles. The summed E-state index contributed by atoms with van der Waals surface area (Å²) in [5.41, 5.74) is 1.24. The van der Waals surface area contributed by atoms with Gasteiger partial charge in [0.2, 0.25) is 0 Å². The van der Waals surface area contributed by atoms with E-state index in [1.807, 2.05) is 6.92 Å². The van der Waals surface area contributed by atoms with Crippen molar-refractivity contribution in [2.45, 2.75) is 19.4 Å². The van der Waals surface area contributed by atoms with Crippen molar-refractivity contribution in [2.24, 2.45) is 0 Å². The average Bonchev–Trinajstić information content (AvgIpc) is 2.28. The highest BCUT2D eigenvalue weighted by Gasteiger charge is 2.12. The minimum atomic E-state index is -0.980. The molecule has 0 bridgehead atoms. The van der Waals surface area contributed by atoms with Crippen LogP contribution in [0, 0.1) is 18.6 Å². The molecular weight excluding hydrogens is 238 g/mol. The van der Waals surface area contributed by atoms with Crippen molar-refractivity contribution in [1.29, 1.82) is 0 Å². The zero-order valence-electron chi connectivity index (χ0n) is 9.77. The maximum atomic E-state index is 13.0. The summed E-state index contributed by atoms with van der Waals surface area (Å²) in [6.45, 7) is 1.83. The molecule has 1 aromatic heterocycles. The Morgan fingerprint density at radius 3 is 2.22 bits per heavy atom. The lowest BCUT2D eigenvalue weighted by Gasteiger charge is -2.09. The quantitative estimate of drug-likeness (QED) is 0.909. The normalized spacial score (nSPS) is 12.4. The van der Waals surface area contributed by atoms with Gasteiger partial charge < -0.3 is 5.11 Å². The maximum Gasteiger partial charge on any atom is 0.157 e. The van der Waals surface area contributed by atoms with Gasteiger partial charge in [0, 0.05) is 24.9 Å². The molecule has 0 saturated carbocycles. The van der Waals surface area contributed by atoms with Crippen LogP contribution in [-0.2, 0) is 6.42 Å². The fourth-order valence-corrected chi connectivity index (χ4v) is 1.62. The molecule has 5 heteroatoms. The first-order chi connectivity index (χ1) is 8.54. The fraction of sp³-hybridized carbons (Fsp3) is 0.231. The molecular formula is C13H12F2N2O. The van der Waals surface area contributed by atoms with Crippen LogP contribution < -0.4 is 0 Å². The molecule has 0 radical (unpaired) electrons. The third-order valence-corrected chi connectivity index (χ3v) is 2.45. The van der Waals surface area contributed by atoms with E-state index in [0.717, 1.165) is 11.6 Å². The molecule has 1 atom stereocenters. The summed E-state index contributed by atoms with van der Waals surface area (Å²) in [6.07, 6.45) is 2.25. The summed E-state index contributed by atoms with van der Waals surface area (Å²) in [5.74, 6) is -1.09. The molecule has 1 unspecified atom stereocenters. The first-order valence-electron chi connectivity index (χ1n) is 5.46. The van der Waals surface area contributed by atoms with Gasteiger partial charge in [0.1, 0.15) is 17.7 Å². The molecule has 2 aromatic rings. The van der Waals surface area contributed by atoms with Gasteiger partial charge in [-0.25, -0.2) is 18.7 Å². The van der Waals surface area contributed by atoms with Gasteiger partial charge in [-0.05, 0) is 30.2 Å². The number of hydrogen-bond donors (Lipinski definition) is 1. The number of nitrogens with zero attached hydrogens (tertiary/aromatic N) is 2. The van der Waals surface area contributed by atoms with Crippen LogP contribution in [0.5, 0.6) is 0 Å². The minimum Gasteiger partial charge on any atom is -0.385 e. The summed E-state index contributed by atoms with van der Waals surface area (Å²) < 4.78 is 26.0. The van der Waals surface area contributed by atoms with E-state index < -0.39 is 17.7 Å². The molecule has 18 heavy (non-hydrogen) atoms. The Bertz CT molecular complexity index is 523. The third-order valence-electron chi connectivity index (χ3n) is 2.45. The number of benzene rings is 1. The van der Waals surface area contributed by atoms with E-state index >= 15 is 0 Å². The van der Waals surface area contributed by atoms with Crippen LogP contribution in [0.1, 0.15) is 23.1 Å². The third kappa shape index (κ3) is 3.07. The van der Waals surface area contributed by atoms with E-state index in [-0.39, 0.29) is 12.2 Å². The van der Waals surface area contributed by atoms with Gasteiger partial charge in [0.25, 0.3) is 0 Å². The summed E-state index contributed by atoms with van der Waals surface area (Å²) in [5, 5.41) is 9.88. The summed E-state index contributed by atoms with van der Waals surface area (Å²) >= 11 is 0. The lowest BCUT2D eigenvalue weighted by atomic mass is 10.1. The van der Waals surface area contributed by atoms with Crippen LogP contribution in [0.25, 0.3) is 0 Å². The van der Waals surface area contributed by atoms with Gasteiger partial charge in [0.15, 0.2) is 5.82 Å². The van der Waals surface area contributed by atoms with Crippen LogP contribution in [0.4, 0.5) is 8.78 Å². The Morgan fingerprint density at radius 2 is 1.67 bits per heavy atom. The number of rotatable bonds is 3. The van der Waals surface area contributed by atoms with Crippen molar-refractivity contribution >= 4 is 0 Å². The molecule has 2 rings (SSSR count). The van der Waals surface area contributed by atoms with E-state index in [1.54, 1.807) is 12.4 Å². The van der Waals surface area contributed by atoms with E-state index in [4.69, 9.17) is 0 Å². The van der Waals surface area contributed by atoms with Crippen LogP contribution in [0.15, 0.2) is 30.6 Å². The Morgan fingerprint density at radius 1 is 1.11 bits per heavy atom. The lowest BCUT2D eigenvalue weighted by molar-refractivity contribution is 0.168. The van der Waals surface area contributed by atoms with Crippen LogP contribution >= 0.6 is 0 Å². The van der Waals surface area contributed by atoms with Crippen molar-refractivity contribution in [1.82, 2.24) is 9.97 Å². The molecule has 94 valence electrons. The molecule has 0 aliphatic rings. The van der Waals surface area contributed by atoms with Crippen molar-refractivity contribution < 1.29 is 13.9 Å². The maximum absolute atomic E-state index is 13.0. The summed E-state index contributed by atoms with van der Waals surface area (Å²) in [7, 11) is 0. The number of aromatic nitrogens is 2. The smallest absolute Gasteiger partial charge is 0.157 e. The van der Waals surface area contributed by atoms with Crippen LogP contribution in [0.2, 0.25) is 0 Å². The molecule has 0 amide bonds. The SMILES string of the molecule is Cc1cnc(C(O)Cc2cc(F)cc(F)c2)nc1. The minimum absolute atomic E-state index is 0.0672. The average molecular weight is 250 g/mol. The Hall–Kier alpha value is -1.88. The molecule has 0 aliphatic heterocycles. The van der Waals surface area contributed by atoms with Crippen molar-refractivity contribution in [3.05, 3.63) is 59.2 Å². The second-order valence-corrected chi connectivity index (χ2v) is 4.12. The van der Waals surface area contributed by atoms with Gasteiger partial charge >= 0.3 is 0 Å². The van der Waals surface area contributed by atoms with Crippen molar-refractivity contribution in [3.63, 3.8) is 0 Å². The first kappa shape index (κ1) is 12.6. The largest absolute Gasteiger partial charge is 0.385 e. The zero-order chi connectivity index (χ0) is 13.1. The van der Waals surface area contributed by atoms with E-state index in [2.05, 4.69) is 9.97 Å². The van der Waals surface area contributed by atoms with Gasteiger partial charge in [-0.1, -0.05) is 0 Å². The number of hydrogen-bond acceptors (Lipinski definition) is 3. The number of aliphatic hydroxyl groups excluding tert-OH is 1. The molecule has 0 fully saturated rings. The molecule has 1 N–H and O–H groups in total. The Kier molecular flexibility index (Phi) is 3.62. The summed E-state index contributed by atoms with van der Waals surface area (Å²) in [4.78, 5) is 7.94. The molecule has 0 saturated heterocycles. The standard InChI is InChI=1S/C13H12F2N2O/c1-8-6-16-13(17-7-8)12(18)4-9-2-10(14)5-11(15)3-9/h2-3,5-7,12,18H,4H2,1H3. The highest BCUT2D eigenvalue weighted by Crippen LogP contribution is 2.16. The van der Waals surface area contributed by atoms with E-state index in [9.17, 15) is 13.9 Å². The zero-order valence-corrected chi connectivity index (χ0v) is 9.77. The van der Waals surface area contributed by atoms with Gasteiger partial charge in [0.05, 0.1) is 0 Å². The number of aliphatic hydroxyl groups is 1. The molecule has 1 aromatic carbocycles. The highest BCUT2D eigenvalue weighted by molar-refractivity contribution is 5.19. The number of halogens is 2. The first-order valence-corrected chi connectivity index (χ1v) is 5.46. The molecule has 0 aliphatic carbocycles. The predicted molar refractivity (Wildman–Crippen MR) is 61.8 cm³/mol. The highest BCUT2D eigenvalue weighted by atomic mass is 19.1. The number of aryl methyl sites for hydroxylation is 1. The predicted octanol–water partition coefficient (Wildman–Crippen LogP) is 2.34. The van der Waals surface area contributed by atoms with Gasteiger partial charge in [-0.3, -0.25) is 0 Å². The van der Waals surface area contributed by atoms with Gasteiger partial charge in [-0.2, -0.15) is 0 Å². The second-order valence-electron chi connectivity index (χ2n) is 4.12. The van der Waals surface area contributed by atoms with E-state index in [1.165, 1.54) is 12.1 Å². The second kappa shape index (κ2) is 5.18. The molecule has 3 nitrogen and oxygen atoms in total. The van der Waals surface area contributed by atoms with E-state index in [0.29, 0.717) is 5.56 Å². The summed E-state index contributed by atoms with van der Waals surface area (Å²) in [6, 6.07) is 3.15. The fourth-order valence-electron chi connectivity index (χ4n) is 1.62. The van der Waals surface area contributed by atoms with Crippen LogP contribution in [-0.4, -0.2) is 15.1 Å². The Labute approximate surface area is 103 Å². The molecule has 0 spiro atoms. The van der Waals surface area contributed by atoms with Crippen molar-refractivity contribution in [2.75, 3.05) is 0 Å². The topological polar surface area (TPSA) is 46.0 Å². The Balaban J connectivity index is 2.15. The van der Waals surface area contributed by atoms with Crippen LogP contribution in [0.3, 0.4) is 0 Å². The van der Waals surface area contributed by atoms with Gasteiger partial charge in [-0.15, -0.1) is 0 Å². The van der Waals surface area contributed by atoms with Crippen molar-refractivity contribution in [3.8, 4) is 0 Å².